The van der Waals surface area contributed by atoms with Gasteiger partial charge in [-0.3, -0.25) is 9.42 Å². The number of carbonyl (C=O) groups excluding carboxylic acids is 1. The van der Waals surface area contributed by atoms with E-state index in [0.29, 0.717) is 0 Å². The molecule has 4 atom stereocenters. The first kappa shape index (κ1) is 32.9. The highest BCUT2D eigenvalue weighted by molar-refractivity contribution is 7.47. The van der Waals surface area contributed by atoms with E-state index in [0.717, 1.165) is 38.5 Å². The van der Waals surface area contributed by atoms with Crippen LogP contribution in [0.2, 0.25) is 0 Å². The molecule has 1 heterocycles. The lowest BCUT2D eigenvalue weighted by Gasteiger charge is -2.19. The first-order chi connectivity index (χ1) is 17.3. The van der Waals surface area contributed by atoms with Gasteiger partial charge in [0, 0.05) is 0 Å². The molecule has 1 aliphatic heterocycles. The van der Waals surface area contributed by atoms with Crippen molar-refractivity contribution in [2.45, 2.75) is 129 Å². The van der Waals surface area contributed by atoms with Gasteiger partial charge in [0.25, 0.3) is 5.76 Å². The standard InChI is InChI=1S/C26H49O9P/c1-3-5-7-9-11-12-14-16-18-21(17-15-13-10-8-6-4-2)20-33-36(31,32)35-25-23(29)24(22(28)19-27)34-26(25)30/h21-22,24,27-29H,3-20H2,1-2H3,(H,31,32). The molecule has 10 heteroatoms. The number of phosphoric ester groups is 1. The number of carbonyl (C=O) groups is 1. The number of hydrogen-bond acceptors (Lipinski definition) is 8. The largest absolute Gasteiger partial charge is 0.527 e. The number of ether oxygens (including phenoxy) is 1. The Kier molecular flexibility index (Phi) is 17.4. The molecule has 9 nitrogen and oxygen atoms in total. The van der Waals surface area contributed by atoms with Crippen LogP contribution in [0.25, 0.3) is 0 Å². The fraction of sp³-hybridized carbons (Fsp3) is 0.885. The van der Waals surface area contributed by atoms with E-state index in [-0.39, 0.29) is 12.5 Å². The molecule has 36 heavy (non-hydrogen) atoms. The van der Waals surface area contributed by atoms with Gasteiger partial charge in [-0.15, -0.1) is 0 Å². The van der Waals surface area contributed by atoms with Gasteiger partial charge in [-0.1, -0.05) is 104 Å². The summed E-state index contributed by atoms with van der Waals surface area (Å²) < 4.78 is 27.3. The van der Waals surface area contributed by atoms with Gasteiger partial charge in [-0.2, -0.15) is 0 Å². The molecule has 0 saturated carbocycles. The van der Waals surface area contributed by atoms with Gasteiger partial charge in [-0.05, 0) is 18.8 Å². The molecule has 0 aromatic rings. The zero-order chi connectivity index (χ0) is 26.8. The van der Waals surface area contributed by atoms with Gasteiger partial charge in [0.15, 0.2) is 11.9 Å². The maximum Gasteiger partial charge on any atom is 0.527 e. The Balaban J connectivity index is 2.56. The number of esters is 1. The van der Waals surface area contributed by atoms with Gasteiger partial charge in [-0.25, -0.2) is 9.36 Å². The Bertz CT molecular complexity index is 682. The van der Waals surface area contributed by atoms with E-state index in [1.165, 1.54) is 64.2 Å². The van der Waals surface area contributed by atoms with Crippen LogP contribution in [0.3, 0.4) is 0 Å². The van der Waals surface area contributed by atoms with E-state index in [1.807, 2.05) is 0 Å². The van der Waals surface area contributed by atoms with Crippen LogP contribution in [0.4, 0.5) is 0 Å². The third-order valence-corrected chi connectivity index (χ3v) is 7.46. The predicted octanol–water partition coefficient (Wildman–Crippen LogP) is 6.07. The van der Waals surface area contributed by atoms with Crippen LogP contribution < -0.4 is 0 Å². The molecule has 212 valence electrons. The molecule has 4 N–H and O–H groups in total. The van der Waals surface area contributed by atoms with Crippen molar-refractivity contribution >= 4 is 13.8 Å². The maximum absolute atomic E-state index is 12.5. The molecule has 0 saturated heterocycles. The molecule has 0 fully saturated rings. The molecule has 1 rings (SSSR count). The minimum absolute atomic E-state index is 0.00498. The van der Waals surface area contributed by atoms with Crippen LogP contribution in [0.1, 0.15) is 117 Å². The molecule has 0 spiro atoms. The first-order valence-corrected chi connectivity index (χ1v) is 15.3. The molecule has 0 aliphatic carbocycles. The SMILES string of the molecule is CCCCCCCCCCC(CCCCCCCC)COP(=O)(O)OC1=C(O)C(C(O)CO)OC1=O. The Morgan fingerprint density at radius 1 is 0.889 bits per heavy atom. The van der Waals surface area contributed by atoms with E-state index in [9.17, 15) is 24.5 Å². The summed E-state index contributed by atoms with van der Waals surface area (Å²) in [6, 6.07) is 0. The average Bonchev–Trinajstić information content (AvgIpc) is 3.13. The average molecular weight is 537 g/mol. The summed E-state index contributed by atoms with van der Waals surface area (Å²) >= 11 is 0. The van der Waals surface area contributed by atoms with Crippen molar-refractivity contribution in [2.24, 2.45) is 5.92 Å². The summed E-state index contributed by atoms with van der Waals surface area (Å²) in [7, 11) is -4.71. The summed E-state index contributed by atoms with van der Waals surface area (Å²) in [5.74, 6) is -2.84. The van der Waals surface area contributed by atoms with Crippen LogP contribution in [-0.2, 0) is 23.1 Å². The third-order valence-electron chi connectivity index (χ3n) is 6.57. The molecule has 0 aromatic heterocycles. The highest BCUT2D eigenvalue weighted by atomic mass is 31.2. The number of hydrogen-bond donors (Lipinski definition) is 4. The Morgan fingerprint density at radius 2 is 1.36 bits per heavy atom. The molecule has 0 radical (unpaired) electrons. The van der Waals surface area contributed by atoms with E-state index < -0.39 is 44.1 Å². The monoisotopic (exact) mass is 536 g/mol. The fourth-order valence-electron chi connectivity index (χ4n) is 4.33. The molecule has 4 unspecified atom stereocenters. The summed E-state index contributed by atoms with van der Waals surface area (Å²) in [6.07, 6.45) is 15.2. The zero-order valence-corrected chi connectivity index (χ0v) is 23.1. The number of cyclic esters (lactones) is 1. The van der Waals surface area contributed by atoms with Crippen LogP contribution in [-0.4, -0.2) is 51.6 Å². The van der Waals surface area contributed by atoms with Crippen LogP contribution in [0.15, 0.2) is 11.5 Å². The minimum Gasteiger partial charge on any atom is -0.505 e. The van der Waals surface area contributed by atoms with Crippen LogP contribution >= 0.6 is 7.82 Å². The van der Waals surface area contributed by atoms with Crippen molar-refractivity contribution in [3.63, 3.8) is 0 Å². The highest BCUT2D eigenvalue weighted by Crippen LogP contribution is 2.48. The molecule has 0 bridgehead atoms. The number of rotatable bonds is 23. The zero-order valence-electron chi connectivity index (χ0n) is 22.2. The predicted molar refractivity (Wildman–Crippen MR) is 138 cm³/mol. The third kappa shape index (κ3) is 13.4. The summed E-state index contributed by atoms with van der Waals surface area (Å²) in [5, 5.41) is 28.7. The van der Waals surface area contributed by atoms with Crippen molar-refractivity contribution in [3.8, 4) is 0 Å². The molecule has 0 aromatic carbocycles. The number of unbranched alkanes of at least 4 members (excludes halogenated alkanes) is 12. The van der Waals surface area contributed by atoms with E-state index in [1.54, 1.807) is 0 Å². The Hall–Kier alpha value is -1.12. The smallest absolute Gasteiger partial charge is 0.505 e. The fourth-order valence-corrected chi connectivity index (χ4v) is 5.18. The second kappa shape index (κ2) is 19.0. The molecule has 1 aliphatic rings. The van der Waals surface area contributed by atoms with Gasteiger partial charge >= 0.3 is 13.8 Å². The molecule has 0 amide bonds. The second-order valence-corrected chi connectivity index (χ2v) is 11.2. The maximum atomic E-state index is 12.5. The summed E-state index contributed by atoms with van der Waals surface area (Å²) in [4.78, 5) is 22.1. The van der Waals surface area contributed by atoms with Crippen LogP contribution in [0, 0.1) is 5.92 Å². The number of aliphatic hydroxyl groups is 3. The molecular formula is C26H49O9P. The van der Waals surface area contributed by atoms with Crippen molar-refractivity contribution in [1.29, 1.82) is 0 Å². The lowest BCUT2D eigenvalue weighted by atomic mass is 9.95. The van der Waals surface area contributed by atoms with Gasteiger partial charge in [0.2, 0.25) is 0 Å². The first-order valence-electron chi connectivity index (χ1n) is 13.9. The topological polar surface area (TPSA) is 143 Å². The lowest BCUT2D eigenvalue weighted by Crippen LogP contribution is -2.31. The van der Waals surface area contributed by atoms with Crippen molar-refractivity contribution < 1.29 is 43.4 Å². The van der Waals surface area contributed by atoms with Crippen molar-refractivity contribution in [2.75, 3.05) is 13.2 Å². The van der Waals surface area contributed by atoms with E-state index in [4.69, 9.17) is 18.9 Å². The number of aliphatic hydroxyl groups excluding tert-OH is 3. The van der Waals surface area contributed by atoms with E-state index >= 15 is 0 Å². The highest BCUT2D eigenvalue weighted by Gasteiger charge is 2.43. The lowest BCUT2D eigenvalue weighted by molar-refractivity contribution is -0.147. The van der Waals surface area contributed by atoms with Gasteiger partial charge in [0.1, 0.15) is 6.10 Å². The van der Waals surface area contributed by atoms with E-state index in [2.05, 4.69) is 13.8 Å². The molecular weight excluding hydrogens is 487 g/mol. The number of phosphoric acid groups is 1. The minimum atomic E-state index is -4.71. The Labute approximate surface area is 216 Å². The normalized spacial score (nSPS) is 19.2. The Morgan fingerprint density at radius 3 is 1.83 bits per heavy atom. The quantitative estimate of drug-likeness (QED) is 0.0695. The summed E-state index contributed by atoms with van der Waals surface area (Å²) in [6.45, 7) is 3.62. The van der Waals surface area contributed by atoms with Crippen LogP contribution in [0.5, 0.6) is 0 Å². The van der Waals surface area contributed by atoms with Crippen molar-refractivity contribution in [3.05, 3.63) is 11.5 Å². The second-order valence-electron chi connectivity index (χ2n) is 9.83. The van der Waals surface area contributed by atoms with Crippen molar-refractivity contribution in [1.82, 2.24) is 0 Å². The van der Waals surface area contributed by atoms with Gasteiger partial charge < -0.3 is 24.6 Å². The van der Waals surface area contributed by atoms with Gasteiger partial charge in [0.05, 0.1) is 13.2 Å². The summed E-state index contributed by atoms with van der Waals surface area (Å²) in [5.41, 5.74) is 0.